The van der Waals surface area contributed by atoms with Crippen LogP contribution in [0.4, 0.5) is 4.79 Å². The highest BCUT2D eigenvalue weighted by atomic mass is 16.7. The predicted octanol–water partition coefficient (Wildman–Crippen LogP) is 4.04. The number of ether oxygens (including phenoxy) is 1. The lowest BCUT2D eigenvalue weighted by Crippen LogP contribution is -2.41. The minimum Gasteiger partial charge on any atom is -0.504 e. The van der Waals surface area contributed by atoms with Crippen LogP contribution >= 0.6 is 0 Å². The van der Waals surface area contributed by atoms with Crippen molar-refractivity contribution in [2.45, 2.75) is 45.5 Å². The van der Waals surface area contributed by atoms with Gasteiger partial charge in [-0.2, -0.15) is 0 Å². The first kappa shape index (κ1) is 22.7. The number of aromatic hydroxyl groups is 2. The Morgan fingerprint density at radius 1 is 1.03 bits per heavy atom. The molecular formula is C23H28BNO6. The summed E-state index contributed by atoms with van der Waals surface area (Å²) in [5.41, 5.74) is 1.04. The maximum absolute atomic E-state index is 12.2. The smallest absolute Gasteiger partial charge is 0.492 e. The van der Waals surface area contributed by atoms with Crippen LogP contribution < -0.4 is 5.32 Å². The standard InChI is InChI=1S/C23H28BNO6/c1-22(2)23(3,4)31-24(30-22)18(12-17-10-11-19(26)20(27)13-17)14-25-21(28)29-15-16-8-6-5-7-9-16/h5-13,26-27H,14-15H2,1-4H3,(H,25,28). The number of rotatable bonds is 6. The number of amides is 1. The molecule has 0 radical (unpaired) electrons. The fourth-order valence-corrected chi connectivity index (χ4v) is 2.99. The highest BCUT2D eigenvalue weighted by molar-refractivity contribution is 6.56. The molecule has 1 fully saturated rings. The van der Waals surface area contributed by atoms with Crippen LogP contribution in [0, 0.1) is 0 Å². The molecule has 0 aromatic heterocycles. The molecule has 0 saturated carbocycles. The second-order valence-corrected chi connectivity index (χ2v) is 8.47. The van der Waals surface area contributed by atoms with Gasteiger partial charge in [0.05, 0.1) is 11.2 Å². The van der Waals surface area contributed by atoms with Gasteiger partial charge in [0.25, 0.3) is 0 Å². The molecule has 0 atom stereocenters. The lowest BCUT2D eigenvalue weighted by molar-refractivity contribution is 0.00578. The van der Waals surface area contributed by atoms with Gasteiger partial charge in [0.2, 0.25) is 0 Å². The molecule has 1 saturated heterocycles. The maximum Gasteiger partial charge on any atom is 0.492 e. The number of hydrogen-bond donors (Lipinski definition) is 3. The van der Waals surface area contributed by atoms with Gasteiger partial charge in [0, 0.05) is 6.54 Å². The first-order valence-corrected chi connectivity index (χ1v) is 10.1. The summed E-state index contributed by atoms with van der Waals surface area (Å²) in [6.45, 7) is 8.05. The quantitative estimate of drug-likeness (QED) is 0.478. The molecule has 0 spiro atoms. The molecule has 1 heterocycles. The summed E-state index contributed by atoms with van der Waals surface area (Å²) in [4.78, 5) is 12.2. The Balaban J connectivity index is 1.73. The Labute approximate surface area is 182 Å². The molecule has 31 heavy (non-hydrogen) atoms. The highest BCUT2D eigenvalue weighted by Crippen LogP contribution is 2.39. The lowest BCUT2D eigenvalue weighted by atomic mass is 9.77. The van der Waals surface area contributed by atoms with Crippen molar-refractivity contribution in [2.24, 2.45) is 0 Å². The van der Waals surface area contributed by atoms with E-state index >= 15 is 0 Å². The SMILES string of the molecule is CC1(C)OB(C(=Cc2ccc(O)c(O)c2)CNC(=O)OCc2ccccc2)OC1(C)C. The Kier molecular flexibility index (Phi) is 6.62. The summed E-state index contributed by atoms with van der Waals surface area (Å²) in [5.74, 6) is -0.450. The third-order valence-corrected chi connectivity index (χ3v) is 5.56. The largest absolute Gasteiger partial charge is 0.504 e. The van der Waals surface area contributed by atoms with Crippen molar-refractivity contribution >= 4 is 19.3 Å². The molecule has 0 aliphatic carbocycles. The number of benzene rings is 2. The number of nitrogens with one attached hydrogen (secondary N) is 1. The van der Waals surface area contributed by atoms with E-state index in [4.69, 9.17) is 14.0 Å². The molecular weight excluding hydrogens is 397 g/mol. The molecule has 1 amide bonds. The van der Waals surface area contributed by atoms with E-state index in [9.17, 15) is 15.0 Å². The van der Waals surface area contributed by atoms with Crippen LogP contribution in [0.3, 0.4) is 0 Å². The average Bonchev–Trinajstić information content (AvgIpc) is 2.94. The van der Waals surface area contributed by atoms with Crippen LogP contribution in [0.2, 0.25) is 0 Å². The normalized spacial score (nSPS) is 17.4. The summed E-state index contributed by atoms with van der Waals surface area (Å²) in [5, 5.41) is 22.1. The second-order valence-electron chi connectivity index (χ2n) is 8.47. The molecule has 164 valence electrons. The van der Waals surface area contributed by atoms with E-state index in [1.54, 1.807) is 12.1 Å². The number of hydrogen-bond acceptors (Lipinski definition) is 6. The Morgan fingerprint density at radius 2 is 1.68 bits per heavy atom. The molecule has 0 bridgehead atoms. The number of phenols is 2. The Hall–Kier alpha value is -2.97. The fraction of sp³-hybridized carbons (Fsp3) is 0.348. The van der Waals surface area contributed by atoms with Crippen LogP contribution in [0.5, 0.6) is 11.5 Å². The predicted molar refractivity (Wildman–Crippen MR) is 118 cm³/mol. The van der Waals surface area contributed by atoms with Gasteiger partial charge in [0.1, 0.15) is 6.61 Å². The lowest BCUT2D eigenvalue weighted by Gasteiger charge is -2.32. The van der Waals surface area contributed by atoms with Gasteiger partial charge >= 0.3 is 13.2 Å². The second kappa shape index (κ2) is 9.04. The van der Waals surface area contributed by atoms with Gasteiger partial charge in [-0.1, -0.05) is 42.5 Å². The van der Waals surface area contributed by atoms with Crippen molar-refractivity contribution in [1.29, 1.82) is 0 Å². The van der Waals surface area contributed by atoms with Crippen molar-refractivity contribution in [1.82, 2.24) is 5.32 Å². The molecule has 0 unspecified atom stereocenters. The van der Waals surface area contributed by atoms with Gasteiger partial charge in [-0.15, -0.1) is 0 Å². The first-order valence-electron chi connectivity index (χ1n) is 10.1. The van der Waals surface area contributed by atoms with Gasteiger partial charge in [-0.3, -0.25) is 0 Å². The van der Waals surface area contributed by atoms with Crippen LogP contribution in [0.15, 0.2) is 54.0 Å². The molecule has 2 aromatic carbocycles. The summed E-state index contributed by atoms with van der Waals surface area (Å²) < 4.78 is 17.5. The molecule has 3 rings (SSSR count). The zero-order valence-corrected chi connectivity index (χ0v) is 18.2. The van der Waals surface area contributed by atoms with E-state index in [-0.39, 0.29) is 24.7 Å². The minimum absolute atomic E-state index is 0.117. The zero-order valence-electron chi connectivity index (χ0n) is 18.2. The monoisotopic (exact) mass is 425 g/mol. The van der Waals surface area contributed by atoms with Gasteiger partial charge < -0.3 is 29.6 Å². The minimum atomic E-state index is -0.699. The molecule has 3 N–H and O–H groups in total. The van der Waals surface area contributed by atoms with E-state index in [0.717, 1.165) is 5.56 Å². The number of phenolic OH excluding ortho intramolecular Hbond substituents is 2. The Morgan fingerprint density at radius 3 is 2.29 bits per heavy atom. The summed E-state index contributed by atoms with van der Waals surface area (Å²) >= 11 is 0. The zero-order chi connectivity index (χ0) is 22.6. The van der Waals surface area contributed by atoms with Crippen LogP contribution in [0.25, 0.3) is 6.08 Å². The van der Waals surface area contributed by atoms with Crippen LogP contribution in [0.1, 0.15) is 38.8 Å². The van der Waals surface area contributed by atoms with Gasteiger partial charge in [0.15, 0.2) is 11.5 Å². The summed E-state index contributed by atoms with van der Waals surface area (Å²) in [7, 11) is -0.699. The number of alkyl carbamates (subject to hydrolysis) is 1. The van der Waals surface area contributed by atoms with Gasteiger partial charge in [-0.25, -0.2) is 4.79 Å². The molecule has 8 heteroatoms. The van der Waals surface area contributed by atoms with Crippen molar-refractivity contribution in [3.8, 4) is 11.5 Å². The maximum atomic E-state index is 12.2. The van der Waals surface area contributed by atoms with Crippen molar-refractivity contribution in [2.75, 3.05) is 6.54 Å². The van der Waals surface area contributed by atoms with Gasteiger partial charge in [-0.05, 0) is 56.4 Å². The van der Waals surface area contributed by atoms with E-state index in [1.165, 1.54) is 12.1 Å². The van der Waals surface area contributed by atoms with E-state index < -0.39 is 24.4 Å². The number of carbonyl (C=O) groups is 1. The topological polar surface area (TPSA) is 97.2 Å². The number of carbonyl (C=O) groups excluding carboxylic acids is 1. The van der Waals surface area contributed by atoms with Crippen LogP contribution in [-0.2, 0) is 20.7 Å². The van der Waals surface area contributed by atoms with Crippen LogP contribution in [-0.4, -0.2) is 41.2 Å². The van der Waals surface area contributed by atoms with Crippen molar-refractivity contribution < 1.29 is 29.1 Å². The molecule has 2 aromatic rings. The molecule has 7 nitrogen and oxygen atoms in total. The molecule has 1 aliphatic rings. The third kappa shape index (κ3) is 5.59. The first-order chi connectivity index (χ1) is 14.6. The average molecular weight is 425 g/mol. The van der Waals surface area contributed by atoms with E-state index in [1.807, 2.05) is 58.0 Å². The highest BCUT2D eigenvalue weighted by Gasteiger charge is 2.52. The van der Waals surface area contributed by atoms with Crippen molar-refractivity contribution in [3.63, 3.8) is 0 Å². The fourth-order valence-electron chi connectivity index (χ4n) is 2.99. The Bertz CT molecular complexity index is 942. The van der Waals surface area contributed by atoms with Crippen molar-refractivity contribution in [3.05, 3.63) is 65.1 Å². The molecule has 1 aliphatic heterocycles. The summed E-state index contributed by atoms with van der Waals surface area (Å²) in [6.07, 6.45) is 1.18. The third-order valence-electron chi connectivity index (χ3n) is 5.56. The van der Waals surface area contributed by atoms with E-state index in [2.05, 4.69) is 5.32 Å². The summed E-state index contributed by atoms with van der Waals surface area (Å²) in [6, 6.07) is 13.9. The van der Waals surface area contributed by atoms with E-state index in [0.29, 0.717) is 11.0 Å².